The summed E-state index contributed by atoms with van der Waals surface area (Å²) >= 11 is 0. The minimum absolute atomic E-state index is 0.662. The van der Waals surface area contributed by atoms with Crippen molar-refractivity contribution >= 4 is 11.5 Å². The zero-order valence-electron chi connectivity index (χ0n) is 9.32. The van der Waals surface area contributed by atoms with Gasteiger partial charge in [0.25, 0.3) is 0 Å². The number of hydrogen-bond donors (Lipinski definition) is 1. The van der Waals surface area contributed by atoms with Gasteiger partial charge in [0.05, 0.1) is 11.9 Å². The van der Waals surface area contributed by atoms with E-state index in [0.717, 1.165) is 11.5 Å². The molecule has 0 radical (unpaired) electrons. The van der Waals surface area contributed by atoms with Gasteiger partial charge >= 0.3 is 0 Å². The molecule has 0 aromatic carbocycles. The van der Waals surface area contributed by atoms with Crippen LogP contribution in [0.4, 0.5) is 11.5 Å². The van der Waals surface area contributed by atoms with Crippen molar-refractivity contribution < 1.29 is 0 Å². The molecule has 0 unspecified atom stereocenters. The summed E-state index contributed by atoms with van der Waals surface area (Å²) in [5.74, 6) is 1.04. The van der Waals surface area contributed by atoms with Crippen LogP contribution in [0, 0.1) is 0 Å². The number of rotatable bonds is 2. The normalized spacial score (nSPS) is 17.7. The third kappa shape index (κ3) is 2.41. The molecule has 1 aliphatic carbocycles. The Balaban J connectivity index is 2.05. The van der Waals surface area contributed by atoms with E-state index in [1.807, 2.05) is 12.1 Å². The molecule has 0 saturated heterocycles. The van der Waals surface area contributed by atoms with E-state index in [0.29, 0.717) is 6.04 Å². The van der Waals surface area contributed by atoms with Crippen LogP contribution in [0.5, 0.6) is 0 Å². The fourth-order valence-electron chi connectivity index (χ4n) is 2.26. The first-order chi connectivity index (χ1) is 7.27. The number of aromatic nitrogens is 1. The predicted octanol–water partition coefficient (Wildman–Crippen LogP) is 2.43. The van der Waals surface area contributed by atoms with Gasteiger partial charge in [-0.15, -0.1) is 0 Å². The first-order valence-corrected chi connectivity index (χ1v) is 5.72. The van der Waals surface area contributed by atoms with Crippen molar-refractivity contribution in [2.75, 3.05) is 17.7 Å². The maximum atomic E-state index is 5.62. The van der Waals surface area contributed by atoms with Crippen LogP contribution in [0.2, 0.25) is 0 Å². The fourth-order valence-corrected chi connectivity index (χ4v) is 2.26. The predicted molar refractivity (Wildman–Crippen MR) is 63.9 cm³/mol. The summed E-state index contributed by atoms with van der Waals surface area (Å²) in [4.78, 5) is 6.64. The highest BCUT2D eigenvalue weighted by atomic mass is 15.2. The van der Waals surface area contributed by atoms with Crippen molar-refractivity contribution in [3.63, 3.8) is 0 Å². The lowest BCUT2D eigenvalue weighted by atomic mass is 9.94. The molecular weight excluding hydrogens is 186 g/mol. The molecule has 0 bridgehead atoms. The molecule has 1 aromatic heterocycles. The second-order valence-corrected chi connectivity index (χ2v) is 4.35. The van der Waals surface area contributed by atoms with E-state index in [1.54, 1.807) is 6.20 Å². The van der Waals surface area contributed by atoms with Gasteiger partial charge in [-0.1, -0.05) is 19.3 Å². The Labute approximate surface area is 91.3 Å². The van der Waals surface area contributed by atoms with E-state index in [9.17, 15) is 0 Å². The Morgan fingerprint density at radius 3 is 2.60 bits per heavy atom. The van der Waals surface area contributed by atoms with Crippen LogP contribution in [0.3, 0.4) is 0 Å². The Kier molecular flexibility index (Phi) is 3.09. The van der Waals surface area contributed by atoms with Gasteiger partial charge in [0.2, 0.25) is 0 Å². The van der Waals surface area contributed by atoms with Crippen LogP contribution in [-0.2, 0) is 0 Å². The highest BCUT2D eigenvalue weighted by Gasteiger charge is 2.18. The van der Waals surface area contributed by atoms with E-state index in [4.69, 9.17) is 5.73 Å². The highest BCUT2D eigenvalue weighted by Crippen LogP contribution is 2.24. The van der Waals surface area contributed by atoms with Crippen LogP contribution in [0.1, 0.15) is 32.1 Å². The van der Waals surface area contributed by atoms with E-state index in [1.165, 1.54) is 32.1 Å². The first-order valence-electron chi connectivity index (χ1n) is 5.72. The van der Waals surface area contributed by atoms with E-state index < -0.39 is 0 Å². The number of nitrogens with zero attached hydrogens (tertiary/aromatic N) is 2. The molecule has 0 atom stereocenters. The molecule has 0 amide bonds. The molecule has 1 fully saturated rings. The summed E-state index contributed by atoms with van der Waals surface area (Å²) in [6.45, 7) is 0. The lowest BCUT2D eigenvalue weighted by Crippen LogP contribution is -2.33. The van der Waals surface area contributed by atoms with Gasteiger partial charge in [-0.25, -0.2) is 4.98 Å². The highest BCUT2D eigenvalue weighted by molar-refractivity contribution is 5.45. The van der Waals surface area contributed by atoms with Crippen molar-refractivity contribution in [2.24, 2.45) is 0 Å². The third-order valence-corrected chi connectivity index (χ3v) is 3.25. The molecule has 15 heavy (non-hydrogen) atoms. The smallest absolute Gasteiger partial charge is 0.128 e. The molecule has 1 heterocycles. The minimum atomic E-state index is 0.662. The standard InChI is InChI=1S/C12H19N3/c1-15(11-5-3-2-4-6-11)12-8-7-10(13)9-14-12/h7-9,11H,2-6,13H2,1H3. The number of nitrogens with two attached hydrogens (primary N) is 1. The molecule has 2 N–H and O–H groups in total. The Hall–Kier alpha value is -1.25. The average molecular weight is 205 g/mol. The SMILES string of the molecule is CN(c1ccc(N)cn1)C1CCCCC1. The van der Waals surface area contributed by atoms with Crippen LogP contribution in [0.25, 0.3) is 0 Å². The monoisotopic (exact) mass is 205 g/mol. The molecule has 1 aromatic rings. The van der Waals surface area contributed by atoms with Gasteiger partial charge in [-0.3, -0.25) is 0 Å². The van der Waals surface area contributed by atoms with Crippen molar-refractivity contribution in [2.45, 2.75) is 38.1 Å². The number of anilines is 2. The van der Waals surface area contributed by atoms with Crippen LogP contribution in [-0.4, -0.2) is 18.1 Å². The molecular formula is C12H19N3. The van der Waals surface area contributed by atoms with Gasteiger partial charge in [0, 0.05) is 13.1 Å². The van der Waals surface area contributed by atoms with E-state index in [2.05, 4.69) is 16.9 Å². The number of nitrogen functional groups attached to an aromatic ring is 1. The van der Waals surface area contributed by atoms with Gasteiger partial charge in [0.1, 0.15) is 5.82 Å². The Morgan fingerprint density at radius 1 is 1.27 bits per heavy atom. The molecule has 2 rings (SSSR count). The summed E-state index contributed by atoms with van der Waals surface area (Å²) in [5, 5.41) is 0. The molecule has 3 heteroatoms. The van der Waals surface area contributed by atoms with Crippen molar-refractivity contribution in [3.05, 3.63) is 18.3 Å². The number of hydrogen-bond acceptors (Lipinski definition) is 3. The topological polar surface area (TPSA) is 42.1 Å². The maximum absolute atomic E-state index is 5.62. The van der Waals surface area contributed by atoms with Gasteiger partial charge < -0.3 is 10.6 Å². The third-order valence-electron chi connectivity index (χ3n) is 3.25. The number of pyridine rings is 1. The van der Waals surface area contributed by atoms with Crippen LogP contribution >= 0.6 is 0 Å². The van der Waals surface area contributed by atoms with Crippen LogP contribution in [0.15, 0.2) is 18.3 Å². The second kappa shape index (κ2) is 4.51. The summed E-state index contributed by atoms with van der Waals surface area (Å²) < 4.78 is 0. The van der Waals surface area contributed by atoms with E-state index in [-0.39, 0.29) is 0 Å². The molecule has 0 aliphatic heterocycles. The molecule has 82 valence electrons. The average Bonchev–Trinajstić information content (AvgIpc) is 2.30. The van der Waals surface area contributed by atoms with E-state index >= 15 is 0 Å². The molecule has 0 spiro atoms. The first kappa shape index (κ1) is 10.3. The molecule has 1 saturated carbocycles. The lowest BCUT2D eigenvalue weighted by molar-refractivity contribution is 0.426. The summed E-state index contributed by atoms with van der Waals surface area (Å²) in [7, 11) is 2.13. The van der Waals surface area contributed by atoms with Gasteiger partial charge in [0.15, 0.2) is 0 Å². The second-order valence-electron chi connectivity index (χ2n) is 4.35. The summed E-state index contributed by atoms with van der Waals surface area (Å²) in [5.41, 5.74) is 6.36. The van der Waals surface area contributed by atoms with Crippen molar-refractivity contribution in [1.29, 1.82) is 0 Å². The Morgan fingerprint density at radius 2 is 2.00 bits per heavy atom. The van der Waals surface area contributed by atoms with Gasteiger partial charge in [-0.2, -0.15) is 0 Å². The quantitative estimate of drug-likeness (QED) is 0.806. The lowest BCUT2D eigenvalue weighted by Gasteiger charge is -2.32. The fraction of sp³-hybridized carbons (Fsp3) is 0.583. The maximum Gasteiger partial charge on any atom is 0.128 e. The minimum Gasteiger partial charge on any atom is -0.397 e. The van der Waals surface area contributed by atoms with Crippen molar-refractivity contribution in [3.8, 4) is 0 Å². The summed E-state index contributed by atoms with van der Waals surface area (Å²) in [6.07, 6.45) is 8.41. The molecule has 3 nitrogen and oxygen atoms in total. The Bertz CT molecular complexity index is 301. The molecule has 1 aliphatic rings. The zero-order chi connectivity index (χ0) is 10.7. The van der Waals surface area contributed by atoms with Crippen LogP contribution < -0.4 is 10.6 Å². The van der Waals surface area contributed by atoms with Crippen molar-refractivity contribution in [1.82, 2.24) is 4.98 Å². The largest absolute Gasteiger partial charge is 0.397 e. The zero-order valence-corrected chi connectivity index (χ0v) is 9.32. The summed E-state index contributed by atoms with van der Waals surface area (Å²) in [6, 6.07) is 4.58. The van der Waals surface area contributed by atoms with Gasteiger partial charge in [-0.05, 0) is 25.0 Å².